The first-order valence-electron chi connectivity index (χ1n) is 13.0. The minimum atomic E-state index is -0.807. The van der Waals surface area contributed by atoms with Gasteiger partial charge in [0.1, 0.15) is 11.6 Å². The van der Waals surface area contributed by atoms with E-state index in [9.17, 15) is 19.1 Å². The summed E-state index contributed by atoms with van der Waals surface area (Å²) in [6.45, 7) is 15.8. The van der Waals surface area contributed by atoms with Crippen LogP contribution in [0.3, 0.4) is 0 Å². The van der Waals surface area contributed by atoms with Gasteiger partial charge in [0, 0.05) is 11.1 Å². The van der Waals surface area contributed by atoms with Crippen molar-refractivity contribution >= 4 is 23.4 Å². The third-order valence-corrected chi connectivity index (χ3v) is 7.73. The van der Waals surface area contributed by atoms with Gasteiger partial charge in [-0.3, -0.25) is 9.36 Å². The molecule has 0 amide bonds. The van der Waals surface area contributed by atoms with Gasteiger partial charge in [-0.2, -0.15) is 0 Å². The fourth-order valence-electron chi connectivity index (χ4n) is 4.79. The van der Waals surface area contributed by atoms with Crippen molar-refractivity contribution in [1.29, 1.82) is 0 Å². The lowest BCUT2D eigenvalue weighted by Crippen LogP contribution is -2.39. The number of allylic oxidation sites excluding steroid dienone is 1. The van der Waals surface area contributed by atoms with E-state index in [0.717, 1.165) is 16.7 Å². The molecule has 1 atom stereocenters. The number of rotatable bonds is 4. The molecular formula is C31H35FN2O4S. The molecule has 1 aromatic heterocycles. The van der Waals surface area contributed by atoms with Crippen molar-refractivity contribution in [3.8, 4) is 5.75 Å². The van der Waals surface area contributed by atoms with Crippen LogP contribution in [0.4, 0.5) is 4.39 Å². The number of carbonyl (C=O) groups excluding carboxylic acids is 1. The second kappa shape index (κ2) is 10.2. The summed E-state index contributed by atoms with van der Waals surface area (Å²) in [6, 6.07) is 8.77. The first kappa shape index (κ1) is 28.5. The zero-order chi connectivity index (χ0) is 28.9. The van der Waals surface area contributed by atoms with E-state index in [-0.39, 0.29) is 34.3 Å². The Morgan fingerprint density at radius 2 is 1.67 bits per heavy atom. The van der Waals surface area contributed by atoms with E-state index in [2.05, 4.69) is 4.99 Å². The van der Waals surface area contributed by atoms with Crippen molar-refractivity contribution in [3.63, 3.8) is 0 Å². The van der Waals surface area contributed by atoms with E-state index in [1.54, 1.807) is 32.1 Å². The third-order valence-electron chi connectivity index (χ3n) is 6.75. The largest absolute Gasteiger partial charge is 0.507 e. The van der Waals surface area contributed by atoms with Gasteiger partial charge in [0.05, 0.1) is 28.5 Å². The van der Waals surface area contributed by atoms with Crippen LogP contribution in [-0.2, 0) is 20.4 Å². The number of aromatic hydroxyl groups is 1. The molecule has 1 aliphatic heterocycles. The lowest BCUT2D eigenvalue weighted by Gasteiger charge is -2.27. The number of nitrogens with zero attached hydrogens (tertiary/aromatic N) is 2. The molecule has 3 aromatic rings. The van der Waals surface area contributed by atoms with Gasteiger partial charge in [-0.25, -0.2) is 14.2 Å². The number of thiazole rings is 1. The van der Waals surface area contributed by atoms with E-state index in [4.69, 9.17) is 4.74 Å². The number of halogens is 1. The van der Waals surface area contributed by atoms with Crippen LogP contribution in [0.15, 0.2) is 57.5 Å². The van der Waals surface area contributed by atoms with Crippen LogP contribution in [-0.4, -0.2) is 22.2 Å². The number of hydrogen-bond acceptors (Lipinski definition) is 6. The summed E-state index contributed by atoms with van der Waals surface area (Å²) >= 11 is 1.23. The Kier molecular flexibility index (Phi) is 7.47. The van der Waals surface area contributed by atoms with Crippen LogP contribution in [0.2, 0.25) is 0 Å². The molecule has 0 unspecified atom stereocenters. The first-order chi connectivity index (χ1) is 18.1. The standard InChI is InChI=1S/C31H35FN2O4S/c1-9-38-28(37)24-17(2)33-29-34(25(24)19-10-12-20(32)13-11-19)27(36)23(39-29)16-18-14-21(30(3,4)5)26(35)22(15-18)31(6,7)8/h10-16,25,35H,9H2,1-8H3/b23-16+/t25-/m0/s1. The number of fused-ring (bicyclic) bond motifs is 1. The highest BCUT2D eigenvalue weighted by molar-refractivity contribution is 7.07. The van der Waals surface area contributed by atoms with Gasteiger partial charge in [-0.15, -0.1) is 0 Å². The van der Waals surface area contributed by atoms with E-state index in [0.29, 0.717) is 20.6 Å². The van der Waals surface area contributed by atoms with Crippen molar-refractivity contribution in [1.82, 2.24) is 4.57 Å². The molecule has 6 nitrogen and oxygen atoms in total. The molecule has 8 heteroatoms. The van der Waals surface area contributed by atoms with Crippen LogP contribution in [0.5, 0.6) is 5.75 Å². The van der Waals surface area contributed by atoms with Gasteiger partial charge in [-0.05, 0) is 66.1 Å². The predicted octanol–water partition coefficient (Wildman–Crippen LogP) is 5.24. The summed E-state index contributed by atoms with van der Waals surface area (Å²) in [4.78, 5) is 32.0. The van der Waals surface area contributed by atoms with Crippen molar-refractivity contribution in [3.05, 3.63) is 95.4 Å². The summed E-state index contributed by atoms with van der Waals surface area (Å²) < 4.78 is 21.0. The molecule has 2 heterocycles. The zero-order valence-corrected chi connectivity index (χ0v) is 24.5. The first-order valence-corrected chi connectivity index (χ1v) is 13.8. The number of phenols is 1. The average Bonchev–Trinajstić information content (AvgIpc) is 3.12. The van der Waals surface area contributed by atoms with Gasteiger partial charge in [-0.1, -0.05) is 65.0 Å². The molecule has 2 aromatic carbocycles. The van der Waals surface area contributed by atoms with Gasteiger partial charge in [0.25, 0.3) is 5.56 Å². The van der Waals surface area contributed by atoms with Crippen LogP contribution in [0, 0.1) is 5.82 Å². The normalized spacial score (nSPS) is 16.2. The quantitative estimate of drug-likeness (QED) is 0.451. The molecule has 206 valence electrons. The molecule has 0 fully saturated rings. The van der Waals surface area contributed by atoms with Crippen molar-refractivity contribution < 1.29 is 19.0 Å². The van der Waals surface area contributed by atoms with Gasteiger partial charge in [0.2, 0.25) is 0 Å². The van der Waals surface area contributed by atoms with Gasteiger partial charge in [0.15, 0.2) is 4.80 Å². The van der Waals surface area contributed by atoms with Crippen molar-refractivity contribution in [2.75, 3.05) is 6.61 Å². The summed E-state index contributed by atoms with van der Waals surface area (Å²) in [5, 5.41) is 11.1. The summed E-state index contributed by atoms with van der Waals surface area (Å²) in [7, 11) is 0. The van der Waals surface area contributed by atoms with Crippen LogP contribution in [0.25, 0.3) is 6.08 Å². The molecule has 0 aliphatic carbocycles. The molecule has 1 aliphatic rings. The topological polar surface area (TPSA) is 80.9 Å². The molecule has 0 bridgehead atoms. The molecule has 0 spiro atoms. The number of aromatic nitrogens is 1. The second-order valence-electron chi connectivity index (χ2n) is 11.8. The summed E-state index contributed by atoms with van der Waals surface area (Å²) in [5.41, 5.74) is 2.68. The number of carbonyl (C=O) groups is 1. The minimum absolute atomic E-state index is 0.170. The molecule has 1 N–H and O–H groups in total. The zero-order valence-electron chi connectivity index (χ0n) is 23.7. The lowest BCUT2D eigenvalue weighted by molar-refractivity contribution is -0.139. The maximum atomic E-state index is 13.9. The lowest BCUT2D eigenvalue weighted by atomic mass is 9.78. The van der Waals surface area contributed by atoms with Gasteiger partial charge >= 0.3 is 5.97 Å². The number of ether oxygens (including phenoxy) is 1. The molecule has 0 saturated heterocycles. The van der Waals surface area contributed by atoms with E-state index in [1.165, 1.54) is 28.0 Å². The van der Waals surface area contributed by atoms with Crippen molar-refractivity contribution in [2.24, 2.45) is 4.99 Å². The van der Waals surface area contributed by atoms with Crippen LogP contribution in [0.1, 0.15) is 83.7 Å². The Labute approximate surface area is 231 Å². The number of esters is 1. The number of benzene rings is 2. The Hall–Kier alpha value is -3.52. The minimum Gasteiger partial charge on any atom is -0.507 e. The van der Waals surface area contributed by atoms with E-state index in [1.807, 2.05) is 53.7 Å². The fourth-order valence-corrected chi connectivity index (χ4v) is 5.83. The third kappa shape index (κ3) is 5.48. The van der Waals surface area contributed by atoms with E-state index < -0.39 is 17.8 Å². The monoisotopic (exact) mass is 550 g/mol. The molecule has 0 saturated carbocycles. The fraction of sp³-hybridized carbons (Fsp3) is 0.387. The SMILES string of the molecule is CCOC(=O)C1=C(C)N=c2s/c(=C/c3cc(C(C)(C)C)c(O)c(C(C)(C)C)c3)c(=O)n2[C@H]1c1ccc(F)cc1. The van der Waals surface area contributed by atoms with E-state index >= 15 is 0 Å². The maximum absolute atomic E-state index is 13.9. The highest BCUT2D eigenvalue weighted by atomic mass is 32.1. The Morgan fingerprint density at radius 1 is 1.10 bits per heavy atom. The van der Waals surface area contributed by atoms with Crippen LogP contribution < -0.4 is 14.9 Å². The predicted molar refractivity (Wildman–Crippen MR) is 152 cm³/mol. The summed E-state index contributed by atoms with van der Waals surface area (Å²) in [5.74, 6) is -0.716. The number of hydrogen-bond donors (Lipinski definition) is 1. The maximum Gasteiger partial charge on any atom is 0.338 e. The highest BCUT2D eigenvalue weighted by Gasteiger charge is 2.33. The molecule has 39 heavy (non-hydrogen) atoms. The molecule has 4 rings (SSSR count). The molecular weight excluding hydrogens is 515 g/mol. The summed E-state index contributed by atoms with van der Waals surface area (Å²) in [6.07, 6.45) is 1.80. The Balaban J connectivity index is 1.99. The molecule has 0 radical (unpaired) electrons. The number of phenolic OH excluding ortho intramolecular Hbond substituents is 1. The Morgan fingerprint density at radius 3 is 2.18 bits per heavy atom. The smallest absolute Gasteiger partial charge is 0.338 e. The highest BCUT2D eigenvalue weighted by Crippen LogP contribution is 2.40. The van der Waals surface area contributed by atoms with Crippen molar-refractivity contribution in [2.45, 2.75) is 72.3 Å². The average molecular weight is 551 g/mol. The second-order valence-corrected chi connectivity index (χ2v) is 12.8. The van der Waals surface area contributed by atoms with Gasteiger partial charge < -0.3 is 9.84 Å². The van der Waals surface area contributed by atoms with Crippen LogP contribution >= 0.6 is 11.3 Å². The Bertz CT molecular complexity index is 1610.